The van der Waals surface area contributed by atoms with Crippen molar-refractivity contribution in [1.29, 1.82) is 0 Å². The van der Waals surface area contributed by atoms with Crippen molar-refractivity contribution < 1.29 is 0 Å². The Balaban J connectivity index is 1.44. The third-order valence-corrected chi connectivity index (χ3v) is 6.22. The lowest BCUT2D eigenvalue weighted by molar-refractivity contribution is -0.0327. The summed E-state index contributed by atoms with van der Waals surface area (Å²) in [6, 6.07) is 0.889. The van der Waals surface area contributed by atoms with Gasteiger partial charge in [0.2, 0.25) is 0 Å². The zero-order valence-electron chi connectivity index (χ0n) is 12.4. The van der Waals surface area contributed by atoms with Crippen LogP contribution in [-0.2, 0) is 6.54 Å². The molecule has 3 aliphatic rings. The molecule has 3 atom stereocenters. The van der Waals surface area contributed by atoms with Crippen molar-refractivity contribution in [2.45, 2.75) is 45.2 Å². The molecule has 0 amide bonds. The standard InChI is InChI=1S/C16H25N3S/c1-12-17-15(11-20-12)10-18-7-13-6-14(9-18)16-4-2-3-5-19(16)8-13/h11,13-14,16H,2-10H2,1H3/t13-,14+,16-/m0/s1. The van der Waals surface area contributed by atoms with Crippen LogP contribution in [0, 0.1) is 18.8 Å². The molecular formula is C16H25N3S. The molecule has 3 fully saturated rings. The Morgan fingerprint density at radius 3 is 3.10 bits per heavy atom. The van der Waals surface area contributed by atoms with E-state index in [1.807, 2.05) is 0 Å². The number of nitrogens with zero attached hydrogens (tertiary/aromatic N) is 3. The van der Waals surface area contributed by atoms with Crippen LogP contribution in [0.3, 0.4) is 0 Å². The summed E-state index contributed by atoms with van der Waals surface area (Å²) >= 11 is 1.79. The van der Waals surface area contributed by atoms with E-state index in [-0.39, 0.29) is 0 Å². The minimum absolute atomic E-state index is 0.889. The Bertz CT molecular complexity index is 472. The van der Waals surface area contributed by atoms with Crippen molar-refractivity contribution in [2.75, 3.05) is 26.2 Å². The Labute approximate surface area is 126 Å². The zero-order chi connectivity index (χ0) is 13.5. The van der Waals surface area contributed by atoms with E-state index in [9.17, 15) is 0 Å². The van der Waals surface area contributed by atoms with Gasteiger partial charge in [-0.2, -0.15) is 0 Å². The molecule has 0 spiro atoms. The number of fused-ring (bicyclic) bond motifs is 4. The second kappa shape index (κ2) is 5.39. The Hall–Kier alpha value is -0.450. The first-order valence-corrected chi connectivity index (χ1v) is 9.03. The van der Waals surface area contributed by atoms with Gasteiger partial charge in [0.15, 0.2) is 0 Å². The molecule has 0 radical (unpaired) electrons. The maximum Gasteiger partial charge on any atom is 0.0897 e. The highest BCUT2D eigenvalue weighted by atomic mass is 32.1. The minimum atomic E-state index is 0.889. The maximum atomic E-state index is 4.65. The van der Waals surface area contributed by atoms with Crippen LogP contribution < -0.4 is 0 Å². The molecule has 1 aromatic heterocycles. The van der Waals surface area contributed by atoms with E-state index in [2.05, 4.69) is 27.1 Å². The fraction of sp³-hybridized carbons (Fsp3) is 0.812. The maximum absolute atomic E-state index is 4.65. The Morgan fingerprint density at radius 2 is 2.25 bits per heavy atom. The van der Waals surface area contributed by atoms with Crippen molar-refractivity contribution in [3.63, 3.8) is 0 Å². The van der Waals surface area contributed by atoms with Gasteiger partial charge in [-0.05, 0) is 44.6 Å². The third kappa shape index (κ3) is 2.53. The first kappa shape index (κ1) is 13.2. The van der Waals surface area contributed by atoms with Crippen LogP contribution in [0.1, 0.15) is 36.4 Å². The molecule has 0 aliphatic carbocycles. The molecule has 0 N–H and O–H groups in total. The van der Waals surface area contributed by atoms with Crippen LogP contribution in [0.4, 0.5) is 0 Å². The second-order valence-electron chi connectivity index (χ2n) is 6.97. The first-order valence-electron chi connectivity index (χ1n) is 8.15. The molecule has 4 heteroatoms. The molecule has 1 aromatic rings. The average Bonchev–Trinajstić information content (AvgIpc) is 2.84. The van der Waals surface area contributed by atoms with Crippen molar-refractivity contribution in [1.82, 2.24) is 14.8 Å². The number of piperidine rings is 3. The lowest BCUT2D eigenvalue weighted by Crippen LogP contribution is -2.58. The van der Waals surface area contributed by atoms with E-state index in [1.165, 1.54) is 62.6 Å². The van der Waals surface area contributed by atoms with Crippen LogP contribution in [0.15, 0.2) is 5.38 Å². The lowest BCUT2D eigenvalue weighted by Gasteiger charge is -2.52. The first-order chi connectivity index (χ1) is 9.78. The second-order valence-corrected chi connectivity index (χ2v) is 8.03. The smallest absolute Gasteiger partial charge is 0.0897 e. The topological polar surface area (TPSA) is 19.4 Å². The average molecular weight is 291 g/mol. The van der Waals surface area contributed by atoms with Gasteiger partial charge in [0.1, 0.15) is 0 Å². The van der Waals surface area contributed by atoms with E-state index >= 15 is 0 Å². The predicted octanol–water partition coefficient (Wildman–Crippen LogP) is 2.76. The number of aromatic nitrogens is 1. The predicted molar refractivity (Wildman–Crippen MR) is 82.9 cm³/mol. The van der Waals surface area contributed by atoms with Gasteiger partial charge in [0.25, 0.3) is 0 Å². The summed E-state index contributed by atoms with van der Waals surface area (Å²) in [4.78, 5) is 10.1. The van der Waals surface area contributed by atoms with Crippen LogP contribution >= 0.6 is 11.3 Å². The third-order valence-electron chi connectivity index (χ3n) is 5.40. The Morgan fingerprint density at radius 1 is 1.30 bits per heavy atom. The molecule has 2 bridgehead atoms. The zero-order valence-corrected chi connectivity index (χ0v) is 13.2. The minimum Gasteiger partial charge on any atom is -0.300 e. The van der Waals surface area contributed by atoms with Crippen molar-refractivity contribution in [2.24, 2.45) is 11.8 Å². The SMILES string of the molecule is Cc1nc(CN2C[C@@H]3C[C@H](C2)[C@@H]2CCCCN2C3)cs1. The molecule has 20 heavy (non-hydrogen) atoms. The summed E-state index contributed by atoms with van der Waals surface area (Å²) in [6.07, 6.45) is 5.81. The van der Waals surface area contributed by atoms with Gasteiger partial charge in [-0.25, -0.2) is 4.98 Å². The van der Waals surface area contributed by atoms with Gasteiger partial charge < -0.3 is 0 Å². The lowest BCUT2D eigenvalue weighted by atomic mass is 9.76. The molecule has 110 valence electrons. The van der Waals surface area contributed by atoms with Crippen LogP contribution in [0.25, 0.3) is 0 Å². The summed E-state index contributed by atoms with van der Waals surface area (Å²) in [5.74, 6) is 1.82. The number of hydrogen-bond donors (Lipinski definition) is 0. The molecule has 4 rings (SSSR count). The fourth-order valence-electron chi connectivity index (χ4n) is 4.71. The quantitative estimate of drug-likeness (QED) is 0.835. The van der Waals surface area contributed by atoms with Crippen LogP contribution in [-0.4, -0.2) is 47.0 Å². The van der Waals surface area contributed by atoms with Crippen LogP contribution in [0.2, 0.25) is 0 Å². The largest absolute Gasteiger partial charge is 0.300 e. The van der Waals surface area contributed by atoms with Crippen molar-refractivity contribution >= 4 is 11.3 Å². The highest BCUT2D eigenvalue weighted by molar-refractivity contribution is 7.09. The van der Waals surface area contributed by atoms with E-state index in [0.29, 0.717) is 0 Å². The number of thiazole rings is 1. The number of rotatable bonds is 2. The van der Waals surface area contributed by atoms with Gasteiger partial charge in [-0.15, -0.1) is 11.3 Å². The molecule has 3 aliphatic heterocycles. The summed E-state index contributed by atoms with van der Waals surface area (Å²) in [5.41, 5.74) is 1.29. The van der Waals surface area contributed by atoms with Gasteiger partial charge in [-0.3, -0.25) is 9.80 Å². The van der Waals surface area contributed by atoms with Crippen molar-refractivity contribution in [3.05, 3.63) is 16.1 Å². The molecule has 0 unspecified atom stereocenters. The summed E-state index contributed by atoms with van der Waals surface area (Å²) < 4.78 is 0. The van der Waals surface area contributed by atoms with Gasteiger partial charge in [-0.1, -0.05) is 6.42 Å². The van der Waals surface area contributed by atoms with Gasteiger partial charge >= 0.3 is 0 Å². The molecule has 0 saturated carbocycles. The van der Waals surface area contributed by atoms with E-state index in [0.717, 1.165) is 24.4 Å². The number of likely N-dealkylation sites (tertiary alicyclic amines) is 1. The molecular weight excluding hydrogens is 266 g/mol. The molecule has 4 heterocycles. The Kier molecular flexibility index (Phi) is 3.57. The highest BCUT2D eigenvalue weighted by Crippen LogP contribution is 2.37. The monoisotopic (exact) mass is 291 g/mol. The molecule has 3 saturated heterocycles. The van der Waals surface area contributed by atoms with Gasteiger partial charge in [0.05, 0.1) is 10.7 Å². The van der Waals surface area contributed by atoms with E-state index in [1.54, 1.807) is 11.3 Å². The number of hydrogen-bond acceptors (Lipinski definition) is 4. The summed E-state index contributed by atoms with van der Waals surface area (Å²) in [7, 11) is 0. The fourth-order valence-corrected chi connectivity index (χ4v) is 5.31. The van der Waals surface area contributed by atoms with E-state index < -0.39 is 0 Å². The highest BCUT2D eigenvalue weighted by Gasteiger charge is 2.41. The molecule has 0 aromatic carbocycles. The van der Waals surface area contributed by atoms with Gasteiger partial charge in [0, 0.05) is 37.6 Å². The van der Waals surface area contributed by atoms with Crippen molar-refractivity contribution in [3.8, 4) is 0 Å². The number of aryl methyl sites for hydroxylation is 1. The summed E-state index contributed by atoms with van der Waals surface area (Å²) in [5, 5.41) is 3.45. The van der Waals surface area contributed by atoms with E-state index in [4.69, 9.17) is 0 Å². The van der Waals surface area contributed by atoms with Crippen LogP contribution in [0.5, 0.6) is 0 Å². The normalized spacial score (nSPS) is 35.0. The summed E-state index contributed by atoms with van der Waals surface area (Å²) in [6.45, 7) is 8.49. The molecule has 3 nitrogen and oxygen atoms in total.